The SMILES string of the molecule is CC1=Nc2ccccc2/C1=C\c1c(C)[nH]c2ccccc12. The van der Waals surface area contributed by atoms with Gasteiger partial charge in [0.2, 0.25) is 0 Å². The highest BCUT2D eigenvalue weighted by Gasteiger charge is 2.18. The number of allylic oxidation sites excluding steroid dienone is 1. The van der Waals surface area contributed by atoms with E-state index in [1.807, 2.05) is 6.07 Å². The van der Waals surface area contributed by atoms with Gasteiger partial charge in [0.1, 0.15) is 0 Å². The molecule has 0 saturated heterocycles. The Balaban J connectivity index is 1.95. The molecule has 2 aromatic carbocycles. The maximum absolute atomic E-state index is 4.66. The molecule has 0 saturated carbocycles. The van der Waals surface area contributed by atoms with E-state index in [1.54, 1.807) is 0 Å². The summed E-state index contributed by atoms with van der Waals surface area (Å²) in [5, 5.41) is 1.26. The van der Waals surface area contributed by atoms with Crippen molar-refractivity contribution in [2.75, 3.05) is 0 Å². The van der Waals surface area contributed by atoms with Crippen molar-refractivity contribution in [2.24, 2.45) is 4.99 Å². The number of hydrogen-bond acceptors (Lipinski definition) is 1. The molecule has 2 heterocycles. The lowest BCUT2D eigenvalue weighted by atomic mass is 9.99. The molecule has 3 aromatic rings. The Kier molecular flexibility index (Phi) is 2.58. The smallest absolute Gasteiger partial charge is 0.0712 e. The van der Waals surface area contributed by atoms with Crippen molar-refractivity contribution in [3.05, 3.63) is 65.4 Å². The Labute approximate surface area is 123 Å². The third-order valence-corrected chi connectivity index (χ3v) is 4.10. The second kappa shape index (κ2) is 4.45. The largest absolute Gasteiger partial charge is 0.358 e. The van der Waals surface area contributed by atoms with Gasteiger partial charge >= 0.3 is 0 Å². The lowest BCUT2D eigenvalue weighted by Crippen LogP contribution is -1.90. The molecule has 0 atom stereocenters. The van der Waals surface area contributed by atoms with Crippen molar-refractivity contribution in [1.29, 1.82) is 0 Å². The molecule has 0 radical (unpaired) electrons. The number of aliphatic imine (C=N–C) groups is 1. The number of nitrogens with zero attached hydrogens (tertiary/aromatic N) is 1. The van der Waals surface area contributed by atoms with Gasteiger partial charge in [-0.2, -0.15) is 0 Å². The Morgan fingerprint density at radius 1 is 0.952 bits per heavy atom. The van der Waals surface area contributed by atoms with E-state index in [0.29, 0.717) is 0 Å². The third-order valence-electron chi connectivity index (χ3n) is 4.10. The van der Waals surface area contributed by atoms with E-state index in [4.69, 9.17) is 0 Å². The van der Waals surface area contributed by atoms with Crippen molar-refractivity contribution < 1.29 is 0 Å². The van der Waals surface area contributed by atoms with Crippen LogP contribution >= 0.6 is 0 Å². The summed E-state index contributed by atoms with van der Waals surface area (Å²) in [4.78, 5) is 8.12. The van der Waals surface area contributed by atoms with Crippen LogP contribution in [0.3, 0.4) is 0 Å². The second-order valence-electron chi connectivity index (χ2n) is 5.48. The fraction of sp³-hybridized carbons (Fsp3) is 0.105. The number of H-pyrrole nitrogens is 1. The molecule has 102 valence electrons. The summed E-state index contributed by atoms with van der Waals surface area (Å²) in [6.45, 7) is 4.20. The molecular weight excluding hydrogens is 256 g/mol. The summed E-state index contributed by atoms with van der Waals surface area (Å²) in [7, 11) is 0. The van der Waals surface area contributed by atoms with Crippen molar-refractivity contribution in [2.45, 2.75) is 13.8 Å². The Bertz CT molecular complexity index is 910. The quantitative estimate of drug-likeness (QED) is 0.636. The summed E-state index contributed by atoms with van der Waals surface area (Å²) in [5.74, 6) is 0. The molecular formula is C19H16N2. The number of para-hydroxylation sites is 2. The fourth-order valence-corrected chi connectivity index (χ4v) is 3.05. The van der Waals surface area contributed by atoms with Crippen molar-refractivity contribution in [1.82, 2.24) is 4.98 Å². The van der Waals surface area contributed by atoms with E-state index in [0.717, 1.165) is 11.4 Å². The first-order chi connectivity index (χ1) is 10.2. The normalized spacial score (nSPS) is 15.5. The molecule has 21 heavy (non-hydrogen) atoms. The molecule has 2 nitrogen and oxygen atoms in total. The molecule has 1 aliphatic rings. The van der Waals surface area contributed by atoms with E-state index in [9.17, 15) is 0 Å². The van der Waals surface area contributed by atoms with E-state index >= 15 is 0 Å². The van der Waals surface area contributed by atoms with Gasteiger partial charge in [0.15, 0.2) is 0 Å². The van der Waals surface area contributed by atoms with Crippen LogP contribution in [0.4, 0.5) is 5.69 Å². The first kappa shape index (κ1) is 12.2. The van der Waals surface area contributed by atoms with Crippen molar-refractivity contribution in [3.8, 4) is 0 Å². The van der Waals surface area contributed by atoms with Gasteiger partial charge < -0.3 is 4.98 Å². The maximum Gasteiger partial charge on any atom is 0.0712 e. The lowest BCUT2D eigenvalue weighted by Gasteiger charge is -2.02. The third kappa shape index (κ3) is 1.83. The highest BCUT2D eigenvalue weighted by Crippen LogP contribution is 2.37. The number of benzene rings is 2. The zero-order chi connectivity index (χ0) is 14.4. The molecule has 1 aromatic heterocycles. The van der Waals surface area contributed by atoms with Gasteiger partial charge in [0, 0.05) is 39.0 Å². The van der Waals surface area contributed by atoms with Crippen LogP contribution in [0.15, 0.2) is 53.5 Å². The molecule has 4 rings (SSSR count). The number of rotatable bonds is 1. The van der Waals surface area contributed by atoms with Crippen LogP contribution in [0.5, 0.6) is 0 Å². The van der Waals surface area contributed by atoms with Crippen LogP contribution in [0.2, 0.25) is 0 Å². The van der Waals surface area contributed by atoms with Crippen LogP contribution < -0.4 is 0 Å². The lowest BCUT2D eigenvalue weighted by molar-refractivity contribution is 1.29. The molecule has 0 bridgehead atoms. The van der Waals surface area contributed by atoms with Gasteiger partial charge in [-0.15, -0.1) is 0 Å². The molecule has 0 unspecified atom stereocenters. The van der Waals surface area contributed by atoms with E-state index in [-0.39, 0.29) is 0 Å². The molecule has 0 amide bonds. The van der Waals surface area contributed by atoms with E-state index in [2.05, 4.69) is 72.4 Å². The topological polar surface area (TPSA) is 28.1 Å². The number of hydrogen-bond donors (Lipinski definition) is 1. The molecule has 2 heteroatoms. The second-order valence-corrected chi connectivity index (χ2v) is 5.48. The fourth-order valence-electron chi connectivity index (χ4n) is 3.05. The Morgan fingerprint density at radius 3 is 2.62 bits per heavy atom. The average Bonchev–Trinajstić information content (AvgIpc) is 2.97. The van der Waals surface area contributed by atoms with Crippen molar-refractivity contribution >= 4 is 34.0 Å². The maximum atomic E-state index is 4.66. The van der Waals surface area contributed by atoms with Gasteiger partial charge in [-0.3, -0.25) is 4.99 Å². The zero-order valence-electron chi connectivity index (χ0n) is 12.1. The molecule has 0 spiro atoms. The number of aromatic amines is 1. The first-order valence-corrected chi connectivity index (χ1v) is 7.18. The highest BCUT2D eigenvalue weighted by molar-refractivity contribution is 6.32. The molecule has 0 aliphatic carbocycles. The molecule has 1 aliphatic heterocycles. The first-order valence-electron chi connectivity index (χ1n) is 7.18. The number of aromatic nitrogens is 1. The average molecular weight is 272 g/mol. The van der Waals surface area contributed by atoms with Crippen LogP contribution in [0.1, 0.15) is 23.7 Å². The van der Waals surface area contributed by atoms with Gasteiger partial charge in [-0.25, -0.2) is 0 Å². The van der Waals surface area contributed by atoms with Gasteiger partial charge in [0.25, 0.3) is 0 Å². The highest BCUT2D eigenvalue weighted by atomic mass is 14.8. The predicted molar refractivity (Wildman–Crippen MR) is 90.1 cm³/mol. The molecule has 0 fully saturated rings. The minimum absolute atomic E-state index is 1.07. The zero-order valence-corrected chi connectivity index (χ0v) is 12.1. The number of nitrogens with one attached hydrogen (secondary N) is 1. The number of aryl methyl sites for hydroxylation is 1. The van der Waals surface area contributed by atoms with Crippen LogP contribution in [-0.4, -0.2) is 10.7 Å². The van der Waals surface area contributed by atoms with Crippen molar-refractivity contribution in [3.63, 3.8) is 0 Å². The van der Waals surface area contributed by atoms with E-state index in [1.165, 1.54) is 33.3 Å². The summed E-state index contributed by atoms with van der Waals surface area (Å²) in [5.41, 5.74) is 8.23. The van der Waals surface area contributed by atoms with Crippen LogP contribution in [0, 0.1) is 6.92 Å². The summed E-state index contributed by atoms with van der Waals surface area (Å²) in [6, 6.07) is 16.8. The minimum Gasteiger partial charge on any atom is -0.358 e. The van der Waals surface area contributed by atoms with E-state index < -0.39 is 0 Å². The summed E-state index contributed by atoms with van der Waals surface area (Å²) in [6.07, 6.45) is 2.26. The standard InChI is InChI=1S/C19H16N2/c1-12-16(14-7-3-5-9-18(14)20-12)11-17-13(2)21-19-10-6-4-8-15(17)19/h3-11,20H,1-2H3/b17-11-. The Morgan fingerprint density at radius 2 is 1.71 bits per heavy atom. The van der Waals surface area contributed by atoms with Crippen LogP contribution in [0.25, 0.3) is 22.6 Å². The number of fused-ring (bicyclic) bond motifs is 2. The Hall–Kier alpha value is -2.61. The summed E-state index contributed by atoms with van der Waals surface area (Å²) >= 11 is 0. The summed E-state index contributed by atoms with van der Waals surface area (Å²) < 4.78 is 0. The van der Waals surface area contributed by atoms with Gasteiger partial charge in [0.05, 0.1) is 5.69 Å². The van der Waals surface area contributed by atoms with Crippen LogP contribution in [-0.2, 0) is 0 Å². The van der Waals surface area contributed by atoms with Gasteiger partial charge in [-0.1, -0.05) is 36.4 Å². The predicted octanol–water partition coefficient (Wildman–Crippen LogP) is 5.12. The molecule has 1 N–H and O–H groups in total. The minimum atomic E-state index is 1.07. The van der Waals surface area contributed by atoms with Gasteiger partial charge in [-0.05, 0) is 32.1 Å². The monoisotopic (exact) mass is 272 g/mol.